The molecule has 1 fully saturated rings. The summed E-state index contributed by atoms with van der Waals surface area (Å²) < 4.78 is 61.8. The van der Waals surface area contributed by atoms with Crippen molar-refractivity contribution in [2.24, 2.45) is 5.73 Å². The van der Waals surface area contributed by atoms with Gasteiger partial charge < -0.3 is 34.2 Å². The number of benzene rings is 1. The summed E-state index contributed by atoms with van der Waals surface area (Å²) >= 11 is 0. The van der Waals surface area contributed by atoms with Gasteiger partial charge in [-0.15, -0.1) is 0 Å². The number of rotatable bonds is 7. The molecule has 0 saturated carbocycles. The van der Waals surface area contributed by atoms with Crippen LogP contribution in [0.2, 0.25) is 0 Å². The number of pyridine rings is 1. The fourth-order valence-electron chi connectivity index (χ4n) is 4.61. The third-order valence-electron chi connectivity index (χ3n) is 6.77. The van der Waals surface area contributed by atoms with Crippen LogP contribution in [0, 0.1) is 0 Å². The molecule has 222 valence electrons. The lowest BCUT2D eigenvalue weighted by atomic mass is 10.1. The van der Waals surface area contributed by atoms with E-state index in [9.17, 15) is 18.0 Å². The van der Waals surface area contributed by atoms with E-state index in [0.29, 0.717) is 54.8 Å². The second-order valence-corrected chi connectivity index (χ2v) is 9.46. The largest absolute Gasteiger partial charge is 0.494 e. The zero-order valence-electron chi connectivity index (χ0n) is 23.2. The van der Waals surface area contributed by atoms with Crippen molar-refractivity contribution in [1.29, 1.82) is 0 Å². The number of fused-ring (bicyclic) bond motifs is 1. The predicted molar refractivity (Wildman–Crippen MR) is 145 cm³/mol. The quantitative estimate of drug-likeness (QED) is 0.338. The number of aromatic nitrogens is 4. The Balaban J connectivity index is 1.44. The Labute approximate surface area is 238 Å². The van der Waals surface area contributed by atoms with E-state index in [1.54, 1.807) is 24.0 Å². The van der Waals surface area contributed by atoms with Gasteiger partial charge in [-0.25, -0.2) is 9.97 Å². The molecule has 15 heteroatoms. The van der Waals surface area contributed by atoms with Crippen LogP contribution in [0.15, 0.2) is 34.7 Å². The van der Waals surface area contributed by atoms with Crippen LogP contribution >= 0.6 is 0 Å². The fourth-order valence-corrected chi connectivity index (χ4v) is 4.61. The minimum atomic E-state index is -4.64. The normalized spacial score (nSPS) is 14.7. The molecule has 4 heterocycles. The van der Waals surface area contributed by atoms with Gasteiger partial charge in [0.1, 0.15) is 17.0 Å². The maximum atomic E-state index is 13.6. The molecule has 1 saturated heterocycles. The highest BCUT2D eigenvalue weighted by Crippen LogP contribution is 2.37. The molecule has 4 aromatic rings. The van der Waals surface area contributed by atoms with Crippen molar-refractivity contribution in [3.8, 4) is 29.0 Å². The first-order valence-corrected chi connectivity index (χ1v) is 12.9. The van der Waals surface area contributed by atoms with E-state index in [1.807, 2.05) is 4.90 Å². The molecule has 42 heavy (non-hydrogen) atoms. The SMILES string of the molecule is COc1cc(OC)nc(N2CCN(C(=O)c3nc(-c4ccc(OC)c5nc(C(F)(F)F)ccc45)oc3C(C)N)CC2)n1. The number of halogens is 3. The molecular formula is C27H28F3N7O5. The number of alkyl halides is 3. The third kappa shape index (κ3) is 5.46. The molecule has 5 rings (SSSR count). The van der Waals surface area contributed by atoms with Crippen molar-refractivity contribution < 1.29 is 36.6 Å². The summed E-state index contributed by atoms with van der Waals surface area (Å²) in [5.41, 5.74) is 5.41. The number of methoxy groups -OCH3 is 3. The lowest BCUT2D eigenvalue weighted by Gasteiger charge is -2.34. The number of hydrogen-bond donors (Lipinski definition) is 1. The summed E-state index contributed by atoms with van der Waals surface area (Å²) in [6, 6.07) is 6.07. The van der Waals surface area contributed by atoms with Crippen molar-refractivity contribution in [3.05, 3.63) is 47.5 Å². The minimum Gasteiger partial charge on any atom is -0.494 e. The topological polar surface area (TPSA) is 142 Å². The van der Waals surface area contributed by atoms with Gasteiger partial charge >= 0.3 is 6.18 Å². The molecule has 0 aliphatic carbocycles. The van der Waals surface area contributed by atoms with Gasteiger partial charge in [-0.1, -0.05) is 0 Å². The second kappa shape index (κ2) is 11.3. The Kier molecular flexibility index (Phi) is 7.77. The zero-order valence-corrected chi connectivity index (χ0v) is 23.2. The van der Waals surface area contributed by atoms with Crippen molar-refractivity contribution >= 4 is 22.8 Å². The molecular weight excluding hydrogens is 559 g/mol. The number of carbonyl (C=O) groups excluding carboxylic acids is 1. The van der Waals surface area contributed by atoms with E-state index in [2.05, 4.69) is 19.9 Å². The molecule has 2 N–H and O–H groups in total. The Morgan fingerprint density at radius 2 is 1.62 bits per heavy atom. The first-order chi connectivity index (χ1) is 20.0. The smallest absolute Gasteiger partial charge is 0.433 e. The maximum absolute atomic E-state index is 13.6. The standard InChI is InChI=1S/C27H28F3N7O5/c1-14(31)23-22(25(38)36-9-11-37(12-10-36)26-33-19(40-3)13-20(34-26)41-4)35-24(42-23)16-5-7-17(39-2)21-15(16)6-8-18(32-21)27(28,29)30/h5-8,13-14H,9-12,31H2,1-4H3. The second-order valence-electron chi connectivity index (χ2n) is 9.46. The zero-order chi connectivity index (χ0) is 30.2. The van der Waals surface area contributed by atoms with E-state index < -0.39 is 23.8 Å². The maximum Gasteiger partial charge on any atom is 0.433 e. The molecule has 1 unspecified atom stereocenters. The van der Waals surface area contributed by atoms with Crippen molar-refractivity contribution in [1.82, 2.24) is 24.8 Å². The predicted octanol–water partition coefficient (Wildman–Crippen LogP) is 3.71. The number of piperazine rings is 1. The number of hydrogen-bond acceptors (Lipinski definition) is 11. The Morgan fingerprint density at radius 1 is 0.952 bits per heavy atom. The number of oxazole rings is 1. The number of carbonyl (C=O) groups is 1. The van der Waals surface area contributed by atoms with Gasteiger partial charge in [0.15, 0.2) is 11.5 Å². The van der Waals surface area contributed by atoms with Crippen molar-refractivity contribution in [2.45, 2.75) is 19.1 Å². The van der Waals surface area contributed by atoms with Crippen LogP contribution in [0.5, 0.6) is 17.5 Å². The Morgan fingerprint density at radius 3 is 2.19 bits per heavy atom. The van der Waals surface area contributed by atoms with E-state index in [0.717, 1.165) is 6.07 Å². The number of nitrogens with two attached hydrogens (primary N) is 1. The average molecular weight is 588 g/mol. The summed E-state index contributed by atoms with van der Waals surface area (Å²) in [5.74, 6) is 1.04. The molecule has 3 aromatic heterocycles. The summed E-state index contributed by atoms with van der Waals surface area (Å²) in [4.78, 5) is 34.2. The first-order valence-electron chi connectivity index (χ1n) is 12.9. The van der Waals surface area contributed by atoms with Gasteiger partial charge in [-0.3, -0.25) is 4.79 Å². The monoisotopic (exact) mass is 587 g/mol. The van der Waals surface area contributed by atoms with Gasteiger partial charge in [0.2, 0.25) is 23.6 Å². The highest BCUT2D eigenvalue weighted by atomic mass is 19.4. The fraction of sp³-hybridized carbons (Fsp3) is 0.370. The van der Waals surface area contributed by atoms with Crippen LogP contribution in [0.1, 0.15) is 34.9 Å². The van der Waals surface area contributed by atoms with Crippen LogP contribution in [-0.2, 0) is 6.18 Å². The molecule has 0 radical (unpaired) electrons. The average Bonchev–Trinajstić information content (AvgIpc) is 3.45. The molecule has 1 aliphatic rings. The molecule has 1 amide bonds. The van der Waals surface area contributed by atoms with Gasteiger partial charge in [-0.05, 0) is 31.2 Å². The van der Waals surface area contributed by atoms with Crippen LogP contribution in [0.4, 0.5) is 19.1 Å². The van der Waals surface area contributed by atoms with Crippen LogP contribution in [0.25, 0.3) is 22.4 Å². The number of anilines is 1. The lowest BCUT2D eigenvalue weighted by molar-refractivity contribution is -0.140. The van der Waals surface area contributed by atoms with Crippen molar-refractivity contribution in [3.63, 3.8) is 0 Å². The summed E-state index contributed by atoms with van der Waals surface area (Å²) in [6.07, 6.45) is -4.64. The van der Waals surface area contributed by atoms with Crippen LogP contribution in [-0.4, -0.2) is 78.3 Å². The summed E-state index contributed by atoms with van der Waals surface area (Å²) in [7, 11) is 4.33. The highest BCUT2D eigenvalue weighted by molar-refractivity contribution is 5.98. The van der Waals surface area contributed by atoms with E-state index >= 15 is 0 Å². The number of amides is 1. The summed E-state index contributed by atoms with van der Waals surface area (Å²) in [6.45, 7) is 3.17. The first kappa shape index (κ1) is 28.9. The molecule has 1 atom stereocenters. The van der Waals surface area contributed by atoms with E-state index in [4.69, 9.17) is 24.4 Å². The molecule has 1 aliphatic heterocycles. The Hall–Kier alpha value is -4.66. The lowest BCUT2D eigenvalue weighted by Crippen LogP contribution is -2.49. The van der Waals surface area contributed by atoms with Crippen LogP contribution < -0.4 is 24.8 Å². The van der Waals surface area contributed by atoms with Gasteiger partial charge in [0, 0.05) is 37.1 Å². The van der Waals surface area contributed by atoms with Gasteiger partial charge in [0.25, 0.3) is 5.91 Å². The molecule has 1 aromatic carbocycles. The minimum absolute atomic E-state index is 0.0224. The van der Waals surface area contributed by atoms with Gasteiger partial charge in [-0.2, -0.15) is 23.1 Å². The van der Waals surface area contributed by atoms with Gasteiger partial charge in [0.05, 0.1) is 33.4 Å². The van der Waals surface area contributed by atoms with E-state index in [-0.39, 0.29) is 28.6 Å². The molecule has 12 nitrogen and oxygen atoms in total. The third-order valence-corrected chi connectivity index (χ3v) is 6.77. The number of nitrogens with zero attached hydrogens (tertiary/aromatic N) is 6. The number of ether oxygens (including phenoxy) is 3. The highest BCUT2D eigenvalue weighted by Gasteiger charge is 2.34. The summed E-state index contributed by atoms with van der Waals surface area (Å²) in [5, 5.41) is 0.307. The molecule has 0 bridgehead atoms. The Bertz CT molecular complexity index is 1600. The van der Waals surface area contributed by atoms with E-state index in [1.165, 1.54) is 33.5 Å². The molecule has 0 spiro atoms. The van der Waals surface area contributed by atoms with Crippen LogP contribution in [0.3, 0.4) is 0 Å². The van der Waals surface area contributed by atoms with Crippen molar-refractivity contribution in [2.75, 3.05) is 52.4 Å².